The SMILES string of the molecule is c1nc(CCC2CCCN2)cc(N2CCCOCC2)n1. The monoisotopic (exact) mass is 276 g/mol. The van der Waals surface area contributed by atoms with Gasteiger partial charge in [0.15, 0.2) is 0 Å². The van der Waals surface area contributed by atoms with E-state index >= 15 is 0 Å². The topological polar surface area (TPSA) is 50.3 Å². The summed E-state index contributed by atoms with van der Waals surface area (Å²) in [5.41, 5.74) is 1.16. The van der Waals surface area contributed by atoms with Crippen LogP contribution in [0.1, 0.15) is 31.4 Å². The summed E-state index contributed by atoms with van der Waals surface area (Å²) >= 11 is 0. The van der Waals surface area contributed by atoms with Gasteiger partial charge in [-0.25, -0.2) is 9.97 Å². The van der Waals surface area contributed by atoms with E-state index in [2.05, 4.69) is 26.3 Å². The Kier molecular flexibility index (Phi) is 4.82. The quantitative estimate of drug-likeness (QED) is 0.900. The smallest absolute Gasteiger partial charge is 0.132 e. The maximum absolute atomic E-state index is 5.50. The molecule has 2 aliphatic rings. The minimum Gasteiger partial charge on any atom is -0.380 e. The lowest BCUT2D eigenvalue weighted by Crippen LogP contribution is -2.27. The highest BCUT2D eigenvalue weighted by Gasteiger charge is 2.15. The standard InChI is InChI=1S/C15H24N4O/c1-3-13(16-6-1)4-5-14-11-15(18-12-17-14)19-7-2-9-20-10-8-19/h11-13,16H,1-10H2. The molecule has 2 saturated heterocycles. The maximum Gasteiger partial charge on any atom is 0.132 e. The first-order valence-electron chi connectivity index (χ1n) is 7.79. The van der Waals surface area contributed by atoms with Crippen molar-refractivity contribution in [1.29, 1.82) is 0 Å². The molecule has 2 fully saturated rings. The number of aromatic nitrogens is 2. The van der Waals surface area contributed by atoms with E-state index < -0.39 is 0 Å². The van der Waals surface area contributed by atoms with Crippen molar-refractivity contribution in [2.45, 2.75) is 38.1 Å². The molecule has 0 radical (unpaired) electrons. The summed E-state index contributed by atoms with van der Waals surface area (Å²) in [6.45, 7) is 4.79. The zero-order valence-electron chi connectivity index (χ0n) is 12.1. The van der Waals surface area contributed by atoms with Gasteiger partial charge in [-0.1, -0.05) is 0 Å². The average Bonchev–Trinajstić information content (AvgIpc) is 2.86. The summed E-state index contributed by atoms with van der Waals surface area (Å²) in [6.07, 6.45) is 7.62. The maximum atomic E-state index is 5.50. The van der Waals surface area contributed by atoms with Crippen molar-refractivity contribution in [2.24, 2.45) is 0 Å². The van der Waals surface area contributed by atoms with E-state index in [-0.39, 0.29) is 0 Å². The van der Waals surface area contributed by atoms with Crippen LogP contribution in [0.4, 0.5) is 5.82 Å². The number of rotatable bonds is 4. The Hall–Kier alpha value is -1.20. The fraction of sp³-hybridized carbons (Fsp3) is 0.733. The van der Waals surface area contributed by atoms with Gasteiger partial charge in [0.25, 0.3) is 0 Å². The first-order valence-corrected chi connectivity index (χ1v) is 7.79. The summed E-state index contributed by atoms with van der Waals surface area (Å²) in [6, 6.07) is 2.83. The van der Waals surface area contributed by atoms with Gasteiger partial charge in [0.05, 0.1) is 6.61 Å². The molecule has 0 aliphatic carbocycles. The third kappa shape index (κ3) is 3.67. The van der Waals surface area contributed by atoms with Gasteiger partial charge in [-0.2, -0.15) is 0 Å². The van der Waals surface area contributed by atoms with Gasteiger partial charge in [-0.15, -0.1) is 0 Å². The van der Waals surface area contributed by atoms with Gasteiger partial charge in [0.2, 0.25) is 0 Å². The van der Waals surface area contributed by atoms with Gasteiger partial charge in [0.1, 0.15) is 12.1 Å². The third-order valence-corrected chi connectivity index (χ3v) is 4.17. The van der Waals surface area contributed by atoms with Crippen LogP contribution in [0.3, 0.4) is 0 Å². The molecule has 5 heteroatoms. The van der Waals surface area contributed by atoms with E-state index in [9.17, 15) is 0 Å². The Labute approximate surface area is 120 Å². The van der Waals surface area contributed by atoms with Crippen molar-refractivity contribution in [1.82, 2.24) is 15.3 Å². The molecule has 1 aromatic heterocycles. The molecule has 1 aromatic rings. The zero-order valence-corrected chi connectivity index (χ0v) is 12.1. The molecule has 0 saturated carbocycles. The number of hydrogen-bond acceptors (Lipinski definition) is 5. The van der Waals surface area contributed by atoms with Crippen LogP contribution in [0.15, 0.2) is 12.4 Å². The third-order valence-electron chi connectivity index (χ3n) is 4.17. The summed E-state index contributed by atoms with van der Waals surface area (Å²) in [7, 11) is 0. The van der Waals surface area contributed by atoms with Crippen molar-refractivity contribution in [2.75, 3.05) is 37.7 Å². The fourth-order valence-electron chi connectivity index (χ4n) is 3.00. The van der Waals surface area contributed by atoms with Crippen molar-refractivity contribution in [3.05, 3.63) is 18.1 Å². The van der Waals surface area contributed by atoms with Crippen LogP contribution < -0.4 is 10.2 Å². The molecule has 1 atom stereocenters. The van der Waals surface area contributed by atoms with E-state index in [1.807, 2.05) is 0 Å². The molecular weight excluding hydrogens is 252 g/mol. The Morgan fingerprint density at radius 2 is 2.25 bits per heavy atom. The van der Waals surface area contributed by atoms with E-state index in [4.69, 9.17) is 4.74 Å². The van der Waals surface area contributed by atoms with Gasteiger partial charge in [-0.3, -0.25) is 0 Å². The Morgan fingerprint density at radius 3 is 3.15 bits per heavy atom. The second kappa shape index (κ2) is 6.99. The van der Waals surface area contributed by atoms with E-state index in [0.29, 0.717) is 6.04 Å². The average molecular weight is 276 g/mol. The molecule has 3 rings (SSSR count). The minimum atomic E-state index is 0.681. The van der Waals surface area contributed by atoms with Crippen molar-refractivity contribution in [3.8, 4) is 0 Å². The molecular formula is C15H24N4O. The number of anilines is 1. The molecule has 1 N–H and O–H groups in total. The van der Waals surface area contributed by atoms with Crippen LogP contribution >= 0.6 is 0 Å². The molecule has 5 nitrogen and oxygen atoms in total. The number of hydrogen-bond donors (Lipinski definition) is 1. The highest BCUT2D eigenvalue weighted by molar-refractivity contribution is 5.39. The Bertz CT molecular complexity index is 412. The van der Waals surface area contributed by atoms with Crippen LogP contribution in [0.25, 0.3) is 0 Å². The molecule has 20 heavy (non-hydrogen) atoms. The predicted molar refractivity (Wildman–Crippen MR) is 79.0 cm³/mol. The number of ether oxygens (including phenoxy) is 1. The molecule has 0 amide bonds. The van der Waals surface area contributed by atoms with Crippen LogP contribution in [0, 0.1) is 0 Å². The highest BCUT2D eigenvalue weighted by atomic mass is 16.5. The summed E-state index contributed by atoms with van der Waals surface area (Å²) in [4.78, 5) is 11.2. The van der Waals surface area contributed by atoms with Gasteiger partial charge in [-0.05, 0) is 38.6 Å². The Morgan fingerprint density at radius 1 is 1.25 bits per heavy atom. The van der Waals surface area contributed by atoms with E-state index in [1.54, 1.807) is 6.33 Å². The molecule has 3 heterocycles. The van der Waals surface area contributed by atoms with E-state index in [0.717, 1.165) is 50.7 Å². The number of nitrogens with one attached hydrogen (secondary N) is 1. The highest BCUT2D eigenvalue weighted by Crippen LogP contribution is 2.16. The normalized spacial score (nSPS) is 23.8. The second-order valence-electron chi connectivity index (χ2n) is 5.65. The van der Waals surface area contributed by atoms with Crippen LogP contribution in [0.2, 0.25) is 0 Å². The van der Waals surface area contributed by atoms with Gasteiger partial charge in [0, 0.05) is 37.5 Å². The van der Waals surface area contributed by atoms with Gasteiger partial charge < -0.3 is 15.0 Å². The first-order chi connectivity index (χ1) is 9.92. The fourth-order valence-corrected chi connectivity index (χ4v) is 3.00. The van der Waals surface area contributed by atoms with E-state index in [1.165, 1.54) is 25.8 Å². The van der Waals surface area contributed by atoms with Crippen molar-refractivity contribution >= 4 is 5.82 Å². The largest absolute Gasteiger partial charge is 0.380 e. The molecule has 0 spiro atoms. The molecule has 0 bridgehead atoms. The Balaban J connectivity index is 1.59. The van der Waals surface area contributed by atoms with Crippen LogP contribution in [0.5, 0.6) is 0 Å². The first kappa shape index (κ1) is 13.8. The number of aryl methyl sites for hydroxylation is 1. The van der Waals surface area contributed by atoms with Crippen LogP contribution in [-0.4, -0.2) is 48.9 Å². The number of nitrogens with zero attached hydrogens (tertiary/aromatic N) is 3. The molecule has 0 aromatic carbocycles. The second-order valence-corrected chi connectivity index (χ2v) is 5.65. The summed E-state index contributed by atoms with van der Waals surface area (Å²) in [5, 5.41) is 3.54. The van der Waals surface area contributed by atoms with Crippen molar-refractivity contribution in [3.63, 3.8) is 0 Å². The predicted octanol–water partition coefficient (Wildman–Crippen LogP) is 1.39. The lowest BCUT2D eigenvalue weighted by atomic mass is 10.1. The zero-order chi connectivity index (χ0) is 13.6. The summed E-state index contributed by atoms with van der Waals surface area (Å²) in [5.74, 6) is 1.06. The molecule has 1 unspecified atom stereocenters. The summed E-state index contributed by atoms with van der Waals surface area (Å²) < 4.78 is 5.50. The van der Waals surface area contributed by atoms with Gasteiger partial charge >= 0.3 is 0 Å². The lowest BCUT2D eigenvalue weighted by Gasteiger charge is -2.21. The minimum absolute atomic E-state index is 0.681. The van der Waals surface area contributed by atoms with Crippen LogP contribution in [-0.2, 0) is 11.2 Å². The van der Waals surface area contributed by atoms with Crippen molar-refractivity contribution < 1.29 is 4.74 Å². The molecule has 110 valence electrons. The molecule has 2 aliphatic heterocycles. The lowest BCUT2D eigenvalue weighted by molar-refractivity contribution is 0.152.